The summed E-state index contributed by atoms with van der Waals surface area (Å²) < 4.78 is 14.4. The molecule has 2 N–H and O–H groups in total. The first-order valence-electron chi connectivity index (χ1n) is 5.93. The van der Waals surface area contributed by atoms with Gasteiger partial charge in [0.05, 0.1) is 10.7 Å². The summed E-state index contributed by atoms with van der Waals surface area (Å²) in [6.07, 6.45) is 0. The second kappa shape index (κ2) is 4.65. The van der Waals surface area contributed by atoms with Crippen LogP contribution in [-0.4, -0.2) is 4.57 Å². The maximum Gasteiger partial charge on any atom is 0.264 e. The summed E-state index contributed by atoms with van der Waals surface area (Å²) in [6, 6.07) is 12.6. The second-order valence-electron chi connectivity index (χ2n) is 4.39. The van der Waals surface area contributed by atoms with Gasteiger partial charge in [-0.05, 0) is 35.7 Å². The Labute approximate surface area is 119 Å². The average Bonchev–Trinajstić information content (AvgIpc) is 2.41. The molecule has 3 nitrogen and oxygen atoms in total. The van der Waals surface area contributed by atoms with E-state index in [1.165, 1.54) is 16.7 Å². The van der Waals surface area contributed by atoms with E-state index in [-0.39, 0.29) is 16.4 Å². The molecule has 1 aromatic heterocycles. The van der Waals surface area contributed by atoms with Gasteiger partial charge in [-0.3, -0.25) is 9.36 Å². The Morgan fingerprint density at radius 2 is 1.85 bits per heavy atom. The first-order chi connectivity index (χ1) is 9.58. The molecule has 2 aromatic carbocycles. The molecule has 0 bridgehead atoms. The first kappa shape index (κ1) is 12.7. The van der Waals surface area contributed by atoms with Gasteiger partial charge in [0.25, 0.3) is 5.56 Å². The molecule has 5 heteroatoms. The summed E-state index contributed by atoms with van der Waals surface area (Å²) in [5, 5.41) is 1.42. The van der Waals surface area contributed by atoms with Gasteiger partial charge < -0.3 is 5.73 Å². The van der Waals surface area contributed by atoms with Gasteiger partial charge in [-0.25, -0.2) is 4.39 Å². The minimum atomic E-state index is -0.467. The van der Waals surface area contributed by atoms with E-state index >= 15 is 0 Å². The predicted molar refractivity (Wildman–Crippen MR) is 78.9 cm³/mol. The van der Waals surface area contributed by atoms with Crippen molar-refractivity contribution in [2.24, 2.45) is 0 Å². The summed E-state index contributed by atoms with van der Waals surface area (Å²) in [6.45, 7) is 0. The highest BCUT2D eigenvalue weighted by Crippen LogP contribution is 2.24. The Bertz CT molecular complexity index is 873. The quantitative estimate of drug-likeness (QED) is 0.746. The van der Waals surface area contributed by atoms with Gasteiger partial charge in [0, 0.05) is 5.39 Å². The van der Waals surface area contributed by atoms with Crippen LogP contribution in [0.15, 0.2) is 53.3 Å². The molecule has 0 aliphatic carbocycles. The van der Waals surface area contributed by atoms with Crippen molar-refractivity contribution < 1.29 is 4.39 Å². The zero-order valence-electron chi connectivity index (χ0n) is 10.3. The van der Waals surface area contributed by atoms with Crippen molar-refractivity contribution in [1.82, 2.24) is 4.57 Å². The molecular weight excluding hydrogens is 279 g/mol. The largest absolute Gasteiger partial charge is 0.385 e. The van der Waals surface area contributed by atoms with Crippen LogP contribution in [0.3, 0.4) is 0 Å². The topological polar surface area (TPSA) is 48.0 Å². The lowest BCUT2D eigenvalue weighted by molar-refractivity contribution is 0.627. The highest BCUT2D eigenvalue weighted by atomic mass is 35.5. The van der Waals surface area contributed by atoms with Crippen LogP contribution in [-0.2, 0) is 0 Å². The van der Waals surface area contributed by atoms with Crippen molar-refractivity contribution in [2.75, 3.05) is 5.73 Å². The predicted octanol–water partition coefficient (Wildman–Crippen LogP) is 3.37. The van der Waals surface area contributed by atoms with E-state index in [1.54, 1.807) is 18.2 Å². The van der Waals surface area contributed by atoms with Crippen molar-refractivity contribution >= 4 is 28.2 Å². The molecule has 0 saturated heterocycles. The van der Waals surface area contributed by atoms with Gasteiger partial charge in [0.1, 0.15) is 11.6 Å². The average molecular weight is 289 g/mol. The summed E-state index contributed by atoms with van der Waals surface area (Å²) in [5.74, 6) is -0.214. The number of pyridine rings is 1. The normalized spacial score (nSPS) is 10.9. The number of nitrogens with zero attached hydrogens (tertiary/aromatic N) is 1. The third kappa shape index (κ3) is 1.94. The molecule has 0 saturated carbocycles. The maximum atomic E-state index is 13.1. The van der Waals surface area contributed by atoms with Gasteiger partial charge >= 0.3 is 0 Å². The Kier molecular flexibility index (Phi) is 2.95. The number of hydrogen-bond acceptors (Lipinski definition) is 2. The van der Waals surface area contributed by atoms with Crippen LogP contribution in [0.5, 0.6) is 0 Å². The highest BCUT2D eigenvalue weighted by molar-refractivity contribution is 6.32. The zero-order chi connectivity index (χ0) is 14.3. The fourth-order valence-corrected chi connectivity index (χ4v) is 2.44. The monoisotopic (exact) mass is 288 g/mol. The van der Waals surface area contributed by atoms with E-state index in [0.717, 1.165) is 11.5 Å². The van der Waals surface area contributed by atoms with Crippen molar-refractivity contribution in [1.29, 1.82) is 0 Å². The van der Waals surface area contributed by atoms with Gasteiger partial charge in [-0.2, -0.15) is 0 Å². The van der Waals surface area contributed by atoms with E-state index in [9.17, 15) is 9.18 Å². The molecule has 0 unspecified atom stereocenters. The fraction of sp³-hybridized carbons (Fsp3) is 0. The number of benzene rings is 2. The number of nitrogens with two attached hydrogens (primary N) is 1. The molecular formula is C15H10ClFN2O. The third-order valence-corrected chi connectivity index (χ3v) is 3.41. The standard InChI is InChI=1S/C15H10ClFN2O/c16-12-8-10(17)5-6-13(12)19-14(18)7-9-3-1-2-4-11(9)15(19)20/h1-8H,18H2. The molecule has 1 heterocycles. The number of fused-ring (bicyclic) bond motifs is 1. The minimum absolute atomic E-state index is 0.133. The molecule has 100 valence electrons. The number of rotatable bonds is 1. The number of aromatic nitrogens is 1. The van der Waals surface area contributed by atoms with Crippen LogP contribution in [0.1, 0.15) is 0 Å². The molecule has 0 radical (unpaired) electrons. The van der Waals surface area contributed by atoms with Crippen molar-refractivity contribution in [3.63, 3.8) is 0 Å². The smallest absolute Gasteiger partial charge is 0.264 e. The fourth-order valence-electron chi connectivity index (χ4n) is 2.19. The van der Waals surface area contributed by atoms with Crippen LogP contribution < -0.4 is 11.3 Å². The molecule has 0 amide bonds. The summed E-state index contributed by atoms with van der Waals surface area (Å²) in [7, 11) is 0. The van der Waals surface area contributed by atoms with E-state index in [4.69, 9.17) is 17.3 Å². The lowest BCUT2D eigenvalue weighted by Gasteiger charge is -2.12. The maximum absolute atomic E-state index is 13.1. The lowest BCUT2D eigenvalue weighted by atomic mass is 10.1. The zero-order valence-corrected chi connectivity index (χ0v) is 11.1. The number of anilines is 1. The molecule has 3 aromatic rings. The molecule has 0 aliphatic rings. The van der Waals surface area contributed by atoms with Gasteiger partial charge in [-0.15, -0.1) is 0 Å². The third-order valence-electron chi connectivity index (χ3n) is 3.11. The summed E-state index contributed by atoms with van der Waals surface area (Å²) in [4.78, 5) is 12.5. The van der Waals surface area contributed by atoms with E-state index in [2.05, 4.69) is 0 Å². The van der Waals surface area contributed by atoms with Crippen LogP contribution in [0, 0.1) is 5.82 Å². The molecule has 20 heavy (non-hydrogen) atoms. The van der Waals surface area contributed by atoms with Crippen LogP contribution >= 0.6 is 11.6 Å². The molecule has 0 aliphatic heterocycles. The Balaban J connectivity index is 2.39. The summed E-state index contributed by atoms with van der Waals surface area (Å²) >= 11 is 6.00. The summed E-state index contributed by atoms with van der Waals surface area (Å²) in [5.41, 5.74) is 6.02. The molecule has 3 rings (SSSR count). The van der Waals surface area contributed by atoms with E-state index in [1.807, 2.05) is 12.1 Å². The highest BCUT2D eigenvalue weighted by Gasteiger charge is 2.12. The SMILES string of the molecule is Nc1cc2ccccc2c(=O)n1-c1ccc(F)cc1Cl. The Morgan fingerprint density at radius 3 is 2.60 bits per heavy atom. The number of nitrogen functional groups attached to an aromatic ring is 1. The van der Waals surface area contributed by atoms with E-state index in [0.29, 0.717) is 11.1 Å². The first-order valence-corrected chi connectivity index (χ1v) is 6.31. The van der Waals surface area contributed by atoms with Gasteiger partial charge in [0.2, 0.25) is 0 Å². The Hall–Kier alpha value is -2.33. The van der Waals surface area contributed by atoms with Crippen LogP contribution in [0.2, 0.25) is 5.02 Å². The molecule has 0 spiro atoms. The van der Waals surface area contributed by atoms with Crippen molar-refractivity contribution in [3.8, 4) is 5.69 Å². The second-order valence-corrected chi connectivity index (χ2v) is 4.80. The van der Waals surface area contributed by atoms with Crippen LogP contribution in [0.4, 0.5) is 10.2 Å². The molecule has 0 fully saturated rings. The lowest BCUT2D eigenvalue weighted by Crippen LogP contribution is -2.21. The van der Waals surface area contributed by atoms with Crippen LogP contribution in [0.25, 0.3) is 16.5 Å². The number of halogens is 2. The van der Waals surface area contributed by atoms with E-state index < -0.39 is 5.82 Å². The molecule has 0 atom stereocenters. The number of hydrogen-bond donors (Lipinski definition) is 1. The van der Waals surface area contributed by atoms with Gasteiger partial charge in [0.15, 0.2) is 0 Å². The Morgan fingerprint density at radius 1 is 1.10 bits per heavy atom. The van der Waals surface area contributed by atoms with Crippen molar-refractivity contribution in [3.05, 3.63) is 69.7 Å². The van der Waals surface area contributed by atoms with Gasteiger partial charge in [-0.1, -0.05) is 29.8 Å². The minimum Gasteiger partial charge on any atom is -0.385 e. The van der Waals surface area contributed by atoms with Crippen molar-refractivity contribution in [2.45, 2.75) is 0 Å².